The van der Waals surface area contributed by atoms with Crippen molar-refractivity contribution in [3.63, 3.8) is 0 Å². The summed E-state index contributed by atoms with van der Waals surface area (Å²) in [5, 5.41) is 7.78. The van der Waals surface area contributed by atoms with Crippen LogP contribution in [0.3, 0.4) is 0 Å². The number of carbonyl (C=O) groups is 2. The first-order valence-corrected chi connectivity index (χ1v) is 23.7. The molecule has 1 aliphatic carbocycles. The van der Waals surface area contributed by atoms with Crippen LogP contribution in [0, 0.1) is 0 Å². The molecule has 0 amide bonds. The van der Waals surface area contributed by atoms with Crippen molar-refractivity contribution in [1.82, 2.24) is 19.5 Å². The normalized spacial score (nSPS) is 12.9. The monoisotopic (exact) mass is 976 g/mol. The predicted octanol–water partition coefficient (Wildman–Crippen LogP) is 4.23. The Morgan fingerprint density at radius 2 is 1.26 bits per heavy atom. The highest BCUT2D eigenvalue weighted by Crippen LogP contribution is 2.45. The fourth-order valence-corrected chi connectivity index (χ4v) is 9.57. The van der Waals surface area contributed by atoms with Gasteiger partial charge in [-0.25, -0.2) is 0 Å². The summed E-state index contributed by atoms with van der Waals surface area (Å²) in [4.78, 5) is 52.0. The second-order valence-corrected chi connectivity index (χ2v) is 18.8. The van der Waals surface area contributed by atoms with Crippen molar-refractivity contribution in [2.45, 2.75) is 14.7 Å². The lowest BCUT2D eigenvalue weighted by atomic mass is 9.80. The summed E-state index contributed by atoms with van der Waals surface area (Å²) in [6.07, 6.45) is 0. The molecule has 1 unspecified atom stereocenters. The van der Waals surface area contributed by atoms with E-state index in [1.165, 1.54) is 73.8 Å². The largest absolute Gasteiger partial charge is 0.380 e. The number of nitrogen functional groups attached to an aromatic ring is 1. The van der Waals surface area contributed by atoms with Crippen molar-refractivity contribution in [2.24, 2.45) is 7.05 Å². The maximum absolute atomic E-state index is 14.6. The van der Waals surface area contributed by atoms with Gasteiger partial charge in [-0.2, -0.15) is 44.4 Å². The molecule has 0 fully saturated rings. The van der Waals surface area contributed by atoms with Crippen LogP contribution in [0.4, 0.5) is 40.6 Å². The molecule has 0 saturated heterocycles. The summed E-state index contributed by atoms with van der Waals surface area (Å²) in [6, 6.07) is 19.9. The molecule has 9 N–H and O–H groups in total. The van der Waals surface area contributed by atoms with Gasteiger partial charge in [0.2, 0.25) is 17.8 Å². The Balaban J connectivity index is 1.31. The van der Waals surface area contributed by atoms with Crippen LogP contribution in [0.5, 0.6) is 5.75 Å². The van der Waals surface area contributed by atoms with Gasteiger partial charge in [0.1, 0.15) is 20.4 Å². The number of nitrogens with one attached hydrogen (secondary N) is 3. The van der Waals surface area contributed by atoms with Gasteiger partial charge < -0.3 is 30.4 Å². The highest BCUT2D eigenvalue weighted by molar-refractivity contribution is 7.87. The Morgan fingerprint density at radius 1 is 0.667 bits per heavy atom. The predicted molar refractivity (Wildman–Crippen MR) is 236 cm³/mol. The van der Waals surface area contributed by atoms with Crippen molar-refractivity contribution < 1.29 is 61.4 Å². The Hall–Kier alpha value is -7.50. The molecule has 27 heteroatoms. The number of ketones is 2. The lowest BCUT2D eigenvalue weighted by Gasteiger charge is -2.26. The van der Waals surface area contributed by atoms with Gasteiger partial charge in [0, 0.05) is 29.1 Å². The van der Waals surface area contributed by atoms with Gasteiger partial charge in [-0.3, -0.25) is 32.6 Å². The van der Waals surface area contributed by atoms with E-state index < -0.39 is 108 Å². The third-order valence-electron chi connectivity index (χ3n) is 9.94. The Kier molecular flexibility index (Phi) is 11.3. The number of aromatic nitrogens is 4. The number of nitrogens with two attached hydrogens (primary N) is 1. The molecule has 0 radical (unpaired) electrons. The zero-order chi connectivity index (χ0) is 47.6. The van der Waals surface area contributed by atoms with Crippen LogP contribution < -0.4 is 31.4 Å². The highest BCUT2D eigenvalue weighted by atomic mass is 32.2. The van der Waals surface area contributed by atoms with E-state index in [0.29, 0.717) is 6.07 Å². The number of anilines is 7. The number of carbonyl (C=O) groups excluding carboxylic acids is 2. The van der Waals surface area contributed by atoms with Crippen LogP contribution in [0.15, 0.2) is 117 Å². The second-order valence-electron chi connectivity index (χ2n) is 14.0. The molecule has 2 heterocycles. The molecule has 66 heavy (non-hydrogen) atoms. The Bertz CT molecular complexity index is 3720. The van der Waals surface area contributed by atoms with E-state index in [1.807, 2.05) is 0 Å². The summed E-state index contributed by atoms with van der Waals surface area (Å²) in [5.74, 6) is -3.33. The van der Waals surface area contributed by atoms with Crippen LogP contribution in [0.1, 0.15) is 31.8 Å². The van der Waals surface area contributed by atoms with Crippen molar-refractivity contribution in [3.05, 3.63) is 130 Å². The maximum atomic E-state index is 14.6. The zero-order valence-corrected chi connectivity index (χ0v) is 36.3. The first-order valence-electron chi connectivity index (χ1n) is 18.3. The SMILES string of the molecule is Cn1c(=O)c(C(=O)c2cccc(OS(=O)O)c2)c2c3c(c(Nc4cc(Nc5nc(N)nc(Nc6ccccc6S(=O)(=O)O)n5)c(S(=O)(=O)O)cc4S(=O)(=O)O)ccc31)C(=O)c1ccccc1-2. The average molecular weight is 977 g/mol. The van der Waals surface area contributed by atoms with Gasteiger partial charge in [-0.15, -0.1) is 0 Å². The first kappa shape index (κ1) is 45.1. The molecule has 0 aliphatic heterocycles. The summed E-state index contributed by atoms with van der Waals surface area (Å²) in [7, 11) is -14.2. The molecule has 2 aromatic heterocycles. The number of pyridine rings is 1. The fraction of sp³-hybridized carbons (Fsp3) is 0.0256. The Labute approximate surface area is 374 Å². The summed E-state index contributed by atoms with van der Waals surface area (Å²) in [5.41, 5.74) is 2.82. The molecule has 8 rings (SSSR count). The number of hydrogen-bond donors (Lipinski definition) is 8. The van der Waals surface area contributed by atoms with Gasteiger partial charge in [-0.1, -0.05) is 48.5 Å². The molecule has 338 valence electrons. The van der Waals surface area contributed by atoms with E-state index in [0.717, 1.165) is 22.8 Å². The lowest BCUT2D eigenvalue weighted by Crippen LogP contribution is -2.29. The molecule has 0 saturated carbocycles. The number of rotatable bonds is 13. The third-order valence-corrected chi connectivity index (χ3v) is 13.0. The first-order chi connectivity index (χ1) is 31.0. The molecule has 0 bridgehead atoms. The molecular weight excluding hydrogens is 949 g/mol. The van der Waals surface area contributed by atoms with Crippen molar-refractivity contribution in [2.75, 3.05) is 21.7 Å². The highest BCUT2D eigenvalue weighted by Gasteiger charge is 2.35. The molecule has 0 spiro atoms. The maximum Gasteiger partial charge on any atom is 0.357 e. The molecule has 5 aromatic carbocycles. The van der Waals surface area contributed by atoms with E-state index >= 15 is 0 Å². The van der Waals surface area contributed by atoms with E-state index in [-0.39, 0.29) is 55.8 Å². The van der Waals surface area contributed by atoms with Crippen molar-refractivity contribution >= 4 is 105 Å². The van der Waals surface area contributed by atoms with E-state index in [2.05, 4.69) is 30.9 Å². The topological polar surface area (TPSA) is 367 Å². The summed E-state index contributed by atoms with van der Waals surface area (Å²) >= 11 is -2.76. The molecular formula is C39H28N8O15S4. The fourth-order valence-electron chi connectivity index (χ4n) is 7.27. The number of hydrogen-bond acceptors (Lipinski definition) is 18. The van der Waals surface area contributed by atoms with Crippen LogP contribution in [-0.2, 0) is 48.8 Å². The number of fused-ring (bicyclic) bond motifs is 2. The number of nitrogens with zero attached hydrogens (tertiary/aromatic N) is 4. The Morgan fingerprint density at radius 3 is 1.89 bits per heavy atom. The van der Waals surface area contributed by atoms with Gasteiger partial charge >= 0.3 is 11.4 Å². The second kappa shape index (κ2) is 16.5. The van der Waals surface area contributed by atoms with Crippen molar-refractivity contribution in [3.8, 4) is 16.9 Å². The lowest BCUT2D eigenvalue weighted by molar-refractivity contribution is 0.102. The minimum absolute atomic E-state index is 0.00857. The van der Waals surface area contributed by atoms with E-state index in [9.17, 15) is 62.1 Å². The third kappa shape index (κ3) is 8.45. The van der Waals surface area contributed by atoms with Gasteiger partial charge in [0.15, 0.2) is 11.6 Å². The summed E-state index contributed by atoms with van der Waals surface area (Å²) < 4.78 is 132. The van der Waals surface area contributed by atoms with E-state index in [4.69, 9.17) is 9.92 Å². The van der Waals surface area contributed by atoms with Gasteiger partial charge in [0.25, 0.3) is 35.9 Å². The van der Waals surface area contributed by atoms with Crippen LogP contribution >= 0.6 is 0 Å². The number of benzene rings is 5. The minimum atomic E-state index is -5.41. The molecule has 23 nitrogen and oxygen atoms in total. The quantitative estimate of drug-likeness (QED) is 0.0455. The zero-order valence-electron chi connectivity index (χ0n) is 33.0. The van der Waals surface area contributed by atoms with Crippen molar-refractivity contribution in [1.29, 1.82) is 0 Å². The summed E-state index contributed by atoms with van der Waals surface area (Å²) in [6.45, 7) is 0. The molecule has 1 atom stereocenters. The van der Waals surface area contributed by atoms with E-state index in [1.54, 1.807) is 6.07 Å². The minimum Gasteiger partial charge on any atom is -0.380 e. The van der Waals surface area contributed by atoms with Gasteiger partial charge in [0.05, 0.1) is 39.4 Å². The number of para-hydroxylation sites is 1. The standard InChI is InChI=1S/C39H28N8O15S4/c1-47-26-14-13-23(31-32(26)30(20-9-2-3-10-21(20)35(31)49)33(36(47)50)34(48)18-7-6-8-19(15-18)62-63(51)52)41-24-16-25(29(66(59,60)61)17-28(24)65(56,57)58)43-39-45-37(40)44-38(46-39)42-22-11-4-5-12-27(22)64(53,54)55/h2-17,41H,1H3,(H,51,52)(H,53,54,55)(H,56,57,58)(H,59,60,61)(H4,40,42,43,44,45,46). The van der Waals surface area contributed by atoms with Crippen LogP contribution in [0.25, 0.3) is 22.0 Å². The smallest absolute Gasteiger partial charge is 0.357 e. The average Bonchev–Trinajstić information content (AvgIpc) is 3.23. The van der Waals surface area contributed by atoms with Gasteiger partial charge in [-0.05, 0) is 54.1 Å². The molecule has 7 aromatic rings. The number of aryl methyl sites for hydroxylation is 1. The van der Waals surface area contributed by atoms with Crippen LogP contribution in [0.2, 0.25) is 0 Å². The molecule has 1 aliphatic rings. The van der Waals surface area contributed by atoms with Crippen LogP contribution in [-0.4, -0.2) is 78.8 Å².